The largest absolute Gasteiger partial charge is 0.492 e. The molecule has 1 atom stereocenters. The van der Waals surface area contributed by atoms with Crippen molar-refractivity contribution in [3.8, 4) is 5.75 Å². The highest BCUT2D eigenvalue weighted by Gasteiger charge is 2.21. The molecular weight excluding hydrogens is 393 g/mol. The summed E-state index contributed by atoms with van der Waals surface area (Å²) >= 11 is 0. The highest BCUT2D eigenvalue weighted by atomic mass is 19.1. The van der Waals surface area contributed by atoms with E-state index in [4.69, 9.17) is 4.74 Å². The number of amides is 1. The molecule has 6 heteroatoms. The quantitative estimate of drug-likeness (QED) is 0.611. The number of nitrogens with zero attached hydrogens (tertiary/aromatic N) is 2. The molecule has 1 fully saturated rings. The first-order chi connectivity index (χ1) is 15.0. The zero-order chi connectivity index (χ0) is 22.1. The SMILES string of the molecule is CN(C)CCOc1ccc(CN2CCCC(CCC(=O)Nc3ccccc3F)C2)cc1. The smallest absolute Gasteiger partial charge is 0.224 e. The van der Waals surface area contributed by atoms with E-state index in [0.29, 0.717) is 18.9 Å². The molecule has 0 radical (unpaired) electrons. The third-order valence-corrected chi connectivity index (χ3v) is 5.67. The van der Waals surface area contributed by atoms with Gasteiger partial charge in [0.25, 0.3) is 0 Å². The van der Waals surface area contributed by atoms with E-state index in [1.165, 1.54) is 11.6 Å². The van der Waals surface area contributed by atoms with E-state index in [1.54, 1.807) is 18.2 Å². The molecule has 31 heavy (non-hydrogen) atoms. The van der Waals surface area contributed by atoms with Crippen LogP contribution in [0.2, 0.25) is 0 Å². The van der Waals surface area contributed by atoms with Gasteiger partial charge in [-0.3, -0.25) is 9.69 Å². The van der Waals surface area contributed by atoms with Crippen LogP contribution in [0.25, 0.3) is 0 Å². The van der Waals surface area contributed by atoms with Crippen LogP contribution in [0.15, 0.2) is 48.5 Å². The van der Waals surface area contributed by atoms with Gasteiger partial charge in [0, 0.05) is 26.1 Å². The number of hydrogen-bond acceptors (Lipinski definition) is 4. The van der Waals surface area contributed by atoms with Gasteiger partial charge in [0.2, 0.25) is 5.91 Å². The Morgan fingerprint density at radius 2 is 1.97 bits per heavy atom. The van der Waals surface area contributed by atoms with Crippen molar-refractivity contribution in [3.63, 3.8) is 0 Å². The molecule has 0 aromatic heterocycles. The van der Waals surface area contributed by atoms with Crippen molar-refractivity contribution in [1.82, 2.24) is 9.80 Å². The highest BCUT2D eigenvalue weighted by Crippen LogP contribution is 2.24. The molecule has 1 aliphatic rings. The zero-order valence-corrected chi connectivity index (χ0v) is 18.6. The molecule has 0 aliphatic carbocycles. The van der Waals surface area contributed by atoms with Gasteiger partial charge in [0.05, 0.1) is 5.69 Å². The van der Waals surface area contributed by atoms with E-state index in [9.17, 15) is 9.18 Å². The minimum atomic E-state index is -0.395. The molecule has 0 bridgehead atoms. The van der Waals surface area contributed by atoms with Gasteiger partial charge in [-0.05, 0) is 75.6 Å². The van der Waals surface area contributed by atoms with Crippen LogP contribution in [0.1, 0.15) is 31.2 Å². The normalized spacial score (nSPS) is 17.0. The second-order valence-corrected chi connectivity index (χ2v) is 8.61. The Kier molecular flexibility index (Phi) is 8.85. The van der Waals surface area contributed by atoms with Gasteiger partial charge in [0.1, 0.15) is 18.2 Å². The number of likely N-dealkylation sites (N-methyl/N-ethyl adjacent to an activating group) is 1. The summed E-state index contributed by atoms with van der Waals surface area (Å²) in [5, 5.41) is 2.68. The molecule has 1 saturated heterocycles. The van der Waals surface area contributed by atoms with Crippen molar-refractivity contribution >= 4 is 11.6 Å². The second-order valence-electron chi connectivity index (χ2n) is 8.61. The van der Waals surface area contributed by atoms with Gasteiger partial charge < -0.3 is 15.0 Å². The van der Waals surface area contributed by atoms with Crippen molar-refractivity contribution in [2.75, 3.05) is 45.7 Å². The molecule has 3 rings (SSSR count). The third kappa shape index (κ3) is 7.96. The minimum Gasteiger partial charge on any atom is -0.492 e. The first kappa shape index (κ1) is 23.2. The lowest BCUT2D eigenvalue weighted by Crippen LogP contribution is -2.35. The Morgan fingerprint density at radius 3 is 2.71 bits per heavy atom. The summed E-state index contributed by atoms with van der Waals surface area (Å²) in [7, 11) is 4.07. The number of carbonyl (C=O) groups is 1. The Bertz CT molecular complexity index is 826. The average molecular weight is 428 g/mol. The molecule has 1 heterocycles. The lowest BCUT2D eigenvalue weighted by molar-refractivity contribution is -0.116. The molecule has 0 spiro atoms. The molecule has 1 amide bonds. The fourth-order valence-electron chi connectivity index (χ4n) is 3.94. The molecular formula is C25H34FN3O2. The van der Waals surface area contributed by atoms with E-state index < -0.39 is 5.82 Å². The lowest BCUT2D eigenvalue weighted by Gasteiger charge is -2.32. The number of rotatable bonds is 10. The second kappa shape index (κ2) is 11.8. The molecule has 2 aromatic rings. The summed E-state index contributed by atoms with van der Waals surface area (Å²) in [5.41, 5.74) is 1.53. The zero-order valence-electron chi connectivity index (χ0n) is 18.6. The van der Waals surface area contributed by atoms with Crippen LogP contribution in [0.4, 0.5) is 10.1 Å². The number of nitrogens with one attached hydrogen (secondary N) is 1. The number of benzene rings is 2. The molecule has 5 nitrogen and oxygen atoms in total. The topological polar surface area (TPSA) is 44.8 Å². The van der Waals surface area contributed by atoms with Crippen LogP contribution in [0, 0.1) is 11.7 Å². The van der Waals surface area contributed by atoms with E-state index >= 15 is 0 Å². The third-order valence-electron chi connectivity index (χ3n) is 5.67. The standard InChI is InChI=1S/C25H34FN3O2/c1-28(2)16-17-31-22-12-9-21(10-13-22)19-29-15-5-6-20(18-29)11-14-25(30)27-24-8-4-3-7-23(24)26/h3-4,7-10,12-13,20H,5-6,11,14-19H2,1-2H3,(H,27,30). The van der Waals surface area contributed by atoms with Gasteiger partial charge >= 0.3 is 0 Å². The lowest BCUT2D eigenvalue weighted by atomic mass is 9.93. The van der Waals surface area contributed by atoms with Crippen molar-refractivity contribution in [3.05, 3.63) is 59.9 Å². The first-order valence-electron chi connectivity index (χ1n) is 11.1. The van der Waals surface area contributed by atoms with Gasteiger partial charge in [-0.1, -0.05) is 24.3 Å². The van der Waals surface area contributed by atoms with Crippen LogP contribution in [-0.2, 0) is 11.3 Å². The maximum atomic E-state index is 13.7. The van der Waals surface area contributed by atoms with Crippen molar-refractivity contribution in [2.45, 2.75) is 32.2 Å². The average Bonchev–Trinajstić information content (AvgIpc) is 2.75. The first-order valence-corrected chi connectivity index (χ1v) is 11.1. The number of halogens is 1. The van der Waals surface area contributed by atoms with Crippen LogP contribution in [0.5, 0.6) is 5.75 Å². The van der Waals surface area contributed by atoms with Crippen LogP contribution < -0.4 is 10.1 Å². The van der Waals surface area contributed by atoms with E-state index in [0.717, 1.165) is 51.2 Å². The molecule has 168 valence electrons. The summed E-state index contributed by atoms with van der Waals surface area (Å²) in [6, 6.07) is 14.6. The van der Waals surface area contributed by atoms with Gasteiger partial charge in [0.15, 0.2) is 0 Å². The summed E-state index contributed by atoms with van der Waals surface area (Å²) in [4.78, 5) is 16.8. The summed E-state index contributed by atoms with van der Waals surface area (Å²) in [6.07, 6.45) is 3.54. The number of anilines is 1. The fraction of sp³-hybridized carbons (Fsp3) is 0.480. The number of para-hydroxylation sites is 1. The number of hydrogen-bond donors (Lipinski definition) is 1. The monoisotopic (exact) mass is 427 g/mol. The van der Waals surface area contributed by atoms with Crippen molar-refractivity contribution < 1.29 is 13.9 Å². The molecule has 1 N–H and O–H groups in total. The number of piperidine rings is 1. The summed E-state index contributed by atoms with van der Waals surface area (Å²) in [6.45, 7) is 4.57. The van der Waals surface area contributed by atoms with Crippen molar-refractivity contribution in [1.29, 1.82) is 0 Å². The summed E-state index contributed by atoms with van der Waals surface area (Å²) < 4.78 is 19.5. The predicted octanol–water partition coefficient (Wildman–Crippen LogP) is 4.40. The fourth-order valence-corrected chi connectivity index (χ4v) is 3.94. The maximum Gasteiger partial charge on any atom is 0.224 e. The van der Waals surface area contributed by atoms with Gasteiger partial charge in [-0.15, -0.1) is 0 Å². The molecule has 2 aromatic carbocycles. The number of ether oxygens (including phenoxy) is 1. The Labute approximate surface area is 185 Å². The van der Waals surface area contributed by atoms with E-state index in [-0.39, 0.29) is 11.6 Å². The Morgan fingerprint density at radius 1 is 1.19 bits per heavy atom. The summed E-state index contributed by atoms with van der Waals surface area (Å²) in [5.74, 6) is 0.887. The van der Waals surface area contributed by atoms with E-state index in [1.807, 2.05) is 26.2 Å². The van der Waals surface area contributed by atoms with Gasteiger partial charge in [-0.2, -0.15) is 0 Å². The highest BCUT2D eigenvalue weighted by molar-refractivity contribution is 5.90. The molecule has 1 aliphatic heterocycles. The van der Waals surface area contributed by atoms with Crippen molar-refractivity contribution in [2.24, 2.45) is 5.92 Å². The van der Waals surface area contributed by atoms with Crippen LogP contribution >= 0.6 is 0 Å². The van der Waals surface area contributed by atoms with Gasteiger partial charge in [-0.25, -0.2) is 4.39 Å². The predicted molar refractivity (Wildman–Crippen MR) is 123 cm³/mol. The Hall–Kier alpha value is -2.44. The molecule has 1 unspecified atom stereocenters. The number of likely N-dealkylation sites (tertiary alicyclic amines) is 1. The van der Waals surface area contributed by atoms with Crippen LogP contribution in [0.3, 0.4) is 0 Å². The minimum absolute atomic E-state index is 0.118. The van der Waals surface area contributed by atoms with E-state index in [2.05, 4.69) is 27.2 Å². The molecule has 0 saturated carbocycles. The van der Waals surface area contributed by atoms with Crippen LogP contribution in [-0.4, -0.2) is 56.0 Å². The number of carbonyl (C=O) groups excluding carboxylic acids is 1. The Balaban J connectivity index is 1.41. The maximum absolute atomic E-state index is 13.7.